The van der Waals surface area contributed by atoms with Crippen LogP contribution in [-0.4, -0.2) is 53.6 Å². The van der Waals surface area contributed by atoms with Gasteiger partial charge in [-0.2, -0.15) is 0 Å². The maximum atomic E-state index is 13.5. The molecule has 8 heteroatoms. The van der Waals surface area contributed by atoms with Gasteiger partial charge in [-0.3, -0.25) is 10.1 Å². The Balaban J connectivity index is 1.28. The summed E-state index contributed by atoms with van der Waals surface area (Å²) in [5, 5.41) is 8.71. The van der Waals surface area contributed by atoms with Crippen LogP contribution < -0.4 is 10.6 Å². The molecule has 1 aromatic heterocycles. The number of carbonyl (C=O) groups excluding carboxylic acids is 2. The van der Waals surface area contributed by atoms with E-state index in [4.69, 9.17) is 4.74 Å². The monoisotopic (exact) mass is 477 g/mol. The number of aromatic nitrogens is 1. The van der Waals surface area contributed by atoms with Crippen LogP contribution in [0.1, 0.15) is 24.4 Å². The summed E-state index contributed by atoms with van der Waals surface area (Å²) in [6, 6.07) is 18.8. The first-order chi connectivity index (χ1) is 16.6. The molecule has 3 fully saturated rings. The molecule has 34 heavy (non-hydrogen) atoms. The number of ether oxygens (including phenoxy) is 1. The SMILES string of the molecule is O=C(C[N+]12CCC(CC1)[C@@H](OC(=O)[C@H](Nc1ccccc1)c1ccccc1)C2)Nc1nccs1. The second-order valence-corrected chi connectivity index (χ2v) is 10.1. The average molecular weight is 478 g/mol. The minimum Gasteiger partial charge on any atom is -0.454 e. The molecule has 1 amide bonds. The minimum atomic E-state index is -0.597. The van der Waals surface area contributed by atoms with Crippen molar-refractivity contribution >= 4 is 34.0 Å². The summed E-state index contributed by atoms with van der Waals surface area (Å²) in [5.41, 5.74) is 1.73. The molecule has 3 aliphatic heterocycles. The third-order valence-corrected chi connectivity index (χ3v) is 7.61. The molecule has 2 aromatic carbocycles. The molecule has 2 bridgehead atoms. The molecule has 3 aromatic rings. The number of nitrogens with one attached hydrogen (secondary N) is 2. The van der Waals surface area contributed by atoms with Gasteiger partial charge >= 0.3 is 5.97 Å². The number of anilines is 2. The van der Waals surface area contributed by atoms with Crippen molar-refractivity contribution in [2.75, 3.05) is 36.8 Å². The van der Waals surface area contributed by atoms with E-state index in [-0.39, 0.29) is 18.0 Å². The molecule has 2 atom stereocenters. The predicted octanol–water partition coefficient (Wildman–Crippen LogP) is 4.09. The lowest BCUT2D eigenvalue weighted by Crippen LogP contribution is -2.66. The van der Waals surface area contributed by atoms with Crippen molar-refractivity contribution in [3.63, 3.8) is 0 Å². The minimum absolute atomic E-state index is 0.0340. The van der Waals surface area contributed by atoms with Crippen LogP contribution in [-0.2, 0) is 14.3 Å². The van der Waals surface area contributed by atoms with Crippen molar-refractivity contribution in [3.05, 3.63) is 77.8 Å². The van der Waals surface area contributed by atoms with E-state index in [1.54, 1.807) is 6.20 Å². The summed E-state index contributed by atoms with van der Waals surface area (Å²) >= 11 is 1.41. The molecule has 3 saturated heterocycles. The number of carbonyl (C=O) groups is 2. The molecular weight excluding hydrogens is 448 g/mol. The summed E-state index contributed by atoms with van der Waals surface area (Å²) in [4.78, 5) is 30.3. The normalized spacial score (nSPS) is 24.2. The lowest BCUT2D eigenvalue weighted by atomic mass is 9.83. The van der Waals surface area contributed by atoms with E-state index in [0.29, 0.717) is 28.6 Å². The zero-order chi connectivity index (χ0) is 23.4. The van der Waals surface area contributed by atoms with Crippen molar-refractivity contribution in [3.8, 4) is 0 Å². The highest BCUT2D eigenvalue weighted by Gasteiger charge is 2.49. The highest BCUT2D eigenvalue weighted by molar-refractivity contribution is 7.13. The van der Waals surface area contributed by atoms with Crippen LogP contribution in [0.15, 0.2) is 72.2 Å². The number of hydrogen-bond acceptors (Lipinski definition) is 6. The Bertz CT molecular complexity index is 1100. The van der Waals surface area contributed by atoms with Gasteiger partial charge in [0.2, 0.25) is 0 Å². The number of fused-ring (bicyclic) bond motifs is 3. The van der Waals surface area contributed by atoms with Crippen LogP contribution in [0.5, 0.6) is 0 Å². The van der Waals surface area contributed by atoms with Crippen LogP contribution in [0.4, 0.5) is 10.8 Å². The van der Waals surface area contributed by atoms with Crippen molar-refractivity contribution in [1.82, 2.24) is 4.98 Å². The number of rotatable bonds is 8. The zero-order valence-corrected chi connectivity index (χ0v) is 19.7. The van der Waals surface area contributed by atoms with Crippen molar-refractivity contribution in [2.45, 2.75) is 25.0 Å². The number of benzene rings is 2. The molecular formula is C26H29N4O3S+. The summed E-state index contributed by atoms with van der Waals surface area (Å²) < 4.78 is 6.83. The Morgan fingerprint density at radius 2 is 1.76 bits per heavy atom. The second-order valence-electron chi connectivity index (χ2n) is 9.18. The number of thiazole rings is 1. The molecule has 0 saturated carbocycles. The van der Waals surface area contributed by atoms with Gasteiger partial charge in [-0.05, 0) is 17.7 Å². The Morgan fingerprint density at radius 3 is 2.44 bits per heavy atom. The van der Waals surface area contributed by atoms with Gasteiger partial charge in [-0.15, -0.1) is 11.3 Å². The summed E-state index contributed by atoms with van der Waals surface area (Å²) in [7, 11) is 0. The van der Waals surface area contributed by atoms with Gasteiger partial charge in [-0.1, -0.05) is 48.5 Å². The Hall–Kier alpha value is -3.23. The maximum absolute atomic E-state index is 13.5. The van der Waals surface area contributed by atoms with E-state index in [1.807, 2.05) is 66.0 Å². The predicted molar refractivity (Wildman–Crippen MR) is 132 cm³/mol. The van der Waals surface area contributed by atoms with Crippen LogP contribution >= 0.6 is 11.3 Å². The topological polar surface area (TPSA) is 80.3 Å². The first-order valence-electron chi connectivity index (χ1n) is 11.7. The molecule has 2 N–H and O–H groups in total. The summed E-state index contributed by atoms with van der Waals surface area (Å²) in [5.74, 6) is 0.0339. The number of quaternary nitrogens is 1. The molecule has 0 unspecified atom stereocenters. The van der Waals surface area contributed by atoms with Crippen molar-refractivity contribution in [1.29, 1.82) is 0 Å². The van der Waals surface area contributed by atoms with Crippen molar-refractivity contribution in [2.24, 2.45) is 5.92 Å². The zero-order valence-electron chi connectivity index (χ0n) is 18.9. The van der Waals surface area contributed by atoms with Gasteiger partial charge in [0.05, 0.1) is 13.1 Å². The lowest BCUT2D eigenvalue weighted by molar-refractivity contribution is -0.938. The molecule has 3 aliphatic rings. The van der Waals surface area contributed by atoms with E-state index < -0.39 is 6.04 Å². The highest BCUT2D eigenvalue weighted by Crippen LogP contribution is 2.36. The third kappa shape index (κ3) is 5.13. The number of amides is 1. The van der Waals surface area contributed by atoms with Crippen LogP contribution in [0.3, 0.4) is 0 Å². The number of piperidine rings is 3. The van der Waals surface area contributed by atoms with Gasteiger partial charge in [0, 0.05) is 36.0 Å². The van der Waals surface area contributed by atoms with Crippen molar-refractivity contribution < 1.29 is 18.8 Å². The largest absolute Gasteiger partial charge is 0.454 e. The molecule has 176 valence electrons. The smallest absolute Gasteiger partial charge is 0.333 e. The Morgan fingerprint density at radius 1 is 1.06 bits per heavy atom. The van der Waals surface area contributed by atoms with E-state index >= 15 is 0 Å². The fraction of sp³-hybridized carbons (Fsp3) is 0.346. The van der Waals surface area contributed by atoms with E-state index in [9.17, 15) is 9.59 Å². The van der Waals surface area contributed by atoms with E-state index in [1.165, 1.54) is 11.3 Å². The molecule has 0 radical (unpaired) electrons. The molecule has 4 heterocycles. The molecule has 6 rings (SSSR count). The number of esters is 1. The number of para-hydroxylation sites is 1. The van der Waals surface area contributed by atoms with Gasteiger partial charge in [0.15, 0.2) is 23.8 Å². The van der Waals surface area contributed by atoms with Gasteiger partial charge in [0.25, 0.3) is 5.91 Å². The fourth-order valence-corrected chi connectivity index (χ4v) is 5.71. The van der Waals surface area contributed by atoms with E-state index in [2.05, 4.69) is 15.6 Å². The lowest BCUT2D eigenvalue weighted by Gasteiger charge is -2.51. The molecule has 7 nitrogen and oxygen atoms in total. The Kier molecular flexibility index (Phi) is 6.60. The van der Waals surface area contributed by atoms with Crippen LogP contribution in [0.2, 0.25) is 0 Å². The van der Waals surface area contributed by atoms with Gasteiger partial charge < -0.3 is 14.5 Å². The van der Waals surface area contributed by atoms with E-state index in [0.717, 1.165) is 37.2 Å². The Labute approximate surface area is 203 Å². The highest BCUT2D eigenvalue weighted by atomic mass is 32.1. The second kappa shape index (κ2) is 9.95. The van der Waals surface area contributed by atoms with Gasteiger partial charge in [-0.25, -0.2) is 9.78 Å². The first kappa shape index (κ1) is 22.6. The standard InChI is InChI=1S/C26H28N4O3S/c31-23(29-26-27-13-16-34-26)18-30-14-11-19(12-15-30)22(17-30)33-25(32)24(20-7-3-1-4-8-20)28-21-9-5-2-6-10-21/h1-10,13,16,19,22,24,28H,11-12,14-15,17-18H2/p+1/t19?,22-,24+,30?/m0/s1. The number of nitrogens with zero attached hydrogens (tertiary/aromatic N) is 2. The summed E-state index contributed by atoms with van der Waals surface area (Å²) in [6.07, 6.45) is 3.42. The quantitative estimate of drug-likeness (QED) is 0.377. The average Bonchev–Trinajstić information content (AvgIpc) is 3.37. The molecule has 0 spiro atoms. The fourth-order valence-electron chi connectivity index (χ4n) is 5.17. The van der Waals surface area contributed by atoms with Gasteiger partial charge in [0.1, 0.15) is 6.54 Å². The maximum Gasteiger partial charge on any atom is 0.333 e. The number of hydrogen-bond donors (Lipinski definition) is 2. The van der Waals surface area contributed by atoms with Crippen LogP contribution in [0, 0.1) is 5.92 Å². The third-order valence-electron chi connectivity index (χ3n) is 6.92. The molecule has 0 aliphatic carbocycles. The first-order valence-corrected chi connectivity index (χ1v) is 12.6. The summed E-state index contributed by atoms with van der Waals surface area (Å²) in [6.45, 7) is 2.93. The van der Waals surface area contributed by atoms with Crippen LogP contribution in [0.25, 0.3) is 0 Å².